The highest BCUT2D eigenvalue weighted by Gasteiger charge is 2.40. The van der Waals surface area contributed by atoms with Gasteiger partial charge in [-0.15, -0.1) is 0 Å². The van der Waals surface area contributed by atoms with Crippen molar-refractivity contribution in [2.45, 2.75) is 38.0 Å². The number of rotatable bonds is 1. The van der Waals surface area contributed by atoms with Crippen molar-refractivity contribution in [3.05, 3.63) is 12.2 Å². The van der Waals surface area contributed by atoms with Gasteiger partial charge in [-0.05, 0) is 12.8 Å². The quantitative estimate of drug-likeness (QED) is 0.636. The topological polar surface area (TPSA) is 20.2 Å². The van der Waals surface area contributed by atoms with Crippen LogP contribution >= 0.6 is 0 Å². The second kappa shape index (κ2) is 3.70. The molecule has 0 saturated heterocycles. The minimum Gasteiger partial charge on any atom is -0.393 e. The van der Waals surface area contributed by atoms with Gasteiger partial charge in [-0.3, -0.25) is 0 Å². The maximum Gasteiger partial charge on any atom is 0.412 e. The van der Waals surface area contributed by atoms with Crippen LogP contribution in [0.4, 0.5) is 13.2 Å². The fourth-order valence-corrected chi connectivity index (χ4v) is 1.73. The first kappa shape index (κ1) is 10.6. The third kappa shape index (κ3) is 2.46. The van der Waals surface area contributed by atoms with E-state index < -0.39 is 23.8 Å². The van der Waals surface area contributed by atoms with Crippen LogP contribution in [0, 0.1) is 5.92 Å². The molecular formula is C9H13F3O. The van der Waals surface area contributed by atoms with E-state index >= 15 is 0 Å². The molecule has 1 fully saturated rings. The lowest BCUT2D eigenvalue weighted by molar-refractivity contribution is -0.107. The lowest BCUT2D eigenvalue weighted by Gasteiger charge is -2.29. The Hall–Kier alpha value is -0.510. The van der Waals surface area contributed by atoms with Gasteiger partial charge in [0.1, 0.15) is 0 Å². The summed E-state index contributed by atoms with van der Waals surface area (Å²) in [6, 6.07) is 0. The first-order chi connectivity index (χ1) is 5.93. The lowest BCUT2D eigenvalue weighted by atomic mass is 9.82. The Labute approximate surface area is 75.3 Å². The van der Waals surface area contributed by atoms with E-state index in [1.54, 1.807) is 0 Å². The smallest absolute Gasteiger partial charge is 0.393 e. The predicted octanol–water partition coefficient (Wildman–Crippen LogP) is 2.66. The zero-order valence-corrected chi connectivity index (χ0v) is 7.27. The molecule has 0 radical (unpaired) electrons. The Kier molecular flexibility index (Phi) is 3.01. The molecule has 0 spiro atoms. The molecular weight excluding hydrogens is 181 g/mol. The van der Waals surface area contributed by atoms with Crippen molar-refractivity contribution in [1.82, 2.24) is 0 Å². The average Bonchev–Trinajstić information content (AvgIpc) is 2.02. The summed E-state index contributed by atoms with van der Waals surface area (Å²) in [5.41, 5.74) is -0.778. The molecule has 1 rings (SSSR count). The lowest BCUT2D eigenvalue weighted by Crippen LogP contribution is -2.31. The van der Waals surface area contributed by atoms with Crippen LogP contribution in [0.15, 0.2) is 12.2 Å². The fourth-order valence-electron chi connectivity index (χ4n) is 1.73. The summed E-state index contributed by atoms with van der Waals surface area (Å²) < 4.78 is 36.6. The van der Waals surface area contributed by atoms with Crippen LogP contribution in [0.3, 0.4) is 0 Å². The summed E-state index contributed by atoms with van der Waals surface area (Å²) in [6.45, 7) is 3.02. The molecule has 0 aromatic rings. The largest absolute Gasteiger partial charge is 0.412 e. The van der Waals surface area contributed by atoms with Crippen LogP contribution in [0.5, 0.6) is 0 Å². The highest BCUT2D eigenvalue weighted by Crippen LogP contribution is 2.37. The molecule has 2 unspecified atom stereocenters. The fraction of sp³-hybridized carbons (Fsp3) is 0.778. The van der Waals surface area contributed by atoms with Crippen molar-refractivity contribution in [2.24, 2.45) is 5.92 Å². The molecule has 1 aliphatic carbocycles. The van der Waals surface area contributed by atoms with E-state index in [-0.39, 0.29) is 0 Å². The van der Waals surface area contributed by atoms with Crippen molar-refractivity contribution < 1.29 is 18.3 Å². The van der Waals surface area contributed by atoms with Gasteiger partial charge in [0, 0.05) is 11.5 Å². The molecule has 1 aliphatic rings. The van der Waals surface area contributed by atoms with Gasteiger partial charge < -0.3 is 5.11 Å². The van der Waals surface area contributed by atoms with E-state index in [1.807, 2.05) is 0 Å². The second-order valence-corrected chi connectivity index (χ2v) is 3.48. The van der Waals surface area contributed by atoms with Crippen molar-refractivity contribution in [3.63, 3.8) is 0 Å². The highest BCUT2D eigenvalue weighted by molar-refractivity contribution is 5.10. The standard InChI is InChI=1S/C9H13F3O/c1-6(9(10,11)12)7-4-2-3-5-8(7)13/h7-8,13H,1-5H2. The van der Waals surface area contributed by atoms with Gasteiger partial charge >= 0.3 is 6.18 Å². The number of aliphatic hydroxyl groups is 1. The highest BCUT2D eigenvalue weighted by atomic mass is 19.4. The monoisotopic (exact) mass is 194 g/mol. The van der Waals surface area contributed by atoms with Gasteiger partial charge in [0.05, 0.1) is 6.10 Å². The van der Waals surface area contributed by atoms with Crippen molar-refractivity contribution >= 4 is 0 Å². The Bertz CT molecular complexity index is 198. The molecule has 0 bridgehead atoms. The van der Waals surface area contributed by atoms with Gasteiger partial charge in [-0.1, -0.05) is 19.4 Å². The van der Waals surface area contributed by atoms with Crippen LogP contribution in [0.2, 0.25) is 0 Å². The number of halogens is 3. The van der Waals surface area contributed by atoms with Crippen molar-refractivity contribution in [2.75, 3.05) is 0 Å². The van der Waals surface area contributed by atoms with Crippen LogP contribution in [-0.2, 0) is 0 Å². The molecule has 0 aromatic carbocycles. The van der Waals surface area contributed by atoms with Crippen LogP contribution in [-0.4, -0.2) is 17.4 Å². The number of alkyl halides is 3. The first-order valence-corrected chi connectivity index (χ1v) is 4.37. The van der Waals surface area contributed by atoms with Gasteiger partial charge in [-0.25, -0.2) is 0 Å². The van der Waals surface area contributed by atoms with E-state index in [2.05, 4.69) is 6.58 Å². The van der Waals surface area contributed by atoms with E-state index in [0.717, 1.165) is 12.8 Å². The average molecular weight is 194 g/mol. The summed E-state index contributed by atoms with van der Waals surface area (Å²) in [5.74, 6) is -0.784. The van der Waals surface area contributed by atoms with Crippen molar-refractivity contribution in [1.29, 1.82) is 0 Å². The SMILES string of the molecule is C=C(C1CCCCC1O)C(F)(F)F. The molecule has 2 atom stereocenters. The van der Waals surface area contributed by atoms with E-state index in [1.165, 1.54) is 0 Å². The van der Waals surface area contributed by atoms with Gasteiger partial charge in [0.15, 0.2) is 0 Å². The zero-order chi connectivity index (χ0) is 10.1. The molecule has 0 heterocycles. The van der Waals surface area contributed by atoms with Gasteiger partial charge in [-0.2, -0.15) is 13.2 Å². The minimum atomic E-state index is -4.36. The maximum absolute atomic E-state index is 12.2. The van der Waals surface area contributed by atoms with E-state index in [4.69, 9.17) is 0 Å². The van der Waals surface area contributed by atoms with Gasteiger partial charge in [0.2, 0.25) is 0 Å². The number of hydrogen-bond acceptors (Lipinski definition) is 1. The van der Waals surface area contributed by atoms with E-state index in [0.29, 0.717) is 12.8 Å². The maximum atomic E-state index is 12.2. The summed E-state index contributed by atoms with van der Waals surface area (Å²) in [4.78, 5) is 0. The molecule has 0 amide bonds. The Balaban J connectivity index is 2.64. The first-order valence-electron chi connectivity index (χ1n) is 4.37. The molecule has 1 N–H and O–H groups in total. The summed E-state index contributed by atoms with van der Waals surface area (Å²) in [6.07, 6.45) is -2.80. The second-order valence-electron chi connectivity index (χ2n) is 3.48. The number of aliphatic hydroxyl groups excluding tert-OH is 1. The predicted molar refractivity (Wildman–Crippen MR) is 43.2 cm³/mol. The molecule has 0 aliphatic heterocycles. The Morgan fingerprint density at radius 3 is 2.23 bits per heavy atom. The Morgan fingerprint density at radius 1 is 1.23 bits per heavy atom. The number of hydrogen-bond donors (Lipinski definition) is 1. The molecule has 1 saturated carbocycles. The van der Waals surface area contributed by atoms with Crippen LogP contribution in [0.25, 0.3) is 0 Å². The van der Waals surface area contributed by atoms with Crippen LogP contribution in [0.1, 0.15) is 25.7 Å². The molecule has 13 heavy (non-hydrogen) atoms. The normalized spacial score (nSPS) is 30.2. The molecule has 0 aromatic heterocycles. The molecule has 76 valence electrons. The van der Waals surface area contributed by atoms with Crippen molar-refractivity contribution in [3.8, 4) is 0 Å². The van der Waals surface area contributed by atoms with Crippen LogP contribution < -0.4 is 0 Å². The summed E-state index contributed by atoms with van der Waals surface area (Å²) >= 11 is 0. The molecule has 1 nitrogen and oxygen atoms in total. The third-order valence-electron chi connectivity index (χ3n) is 2.54. The molecule has 4 heteroatoms. The van der Waals surface area contributed by atoms with E-state index in [9.17, 15) is 18.3 Å². The zero-order valence-electron chi connectivity index (χ0n) is 7.27. The van der Waals surface area contributed by atoms with Gasteiger partial charge in [0.25, 0.3) is 0 Å². The summed E-state index contributed by atoms with van der Waals surface area (Å²) in [7, 11) is 0. The Morgan fingerprint density at radius 2 is 1.77 bits per heavy atom. The third-order valence-corrected chi connectivity index (χ3v) is 2.54. The minimum absolute atomic E-state index is 0.402. The summed E-state index contributed by atoms with van der Waals surface area (Å²) in [5, 5.41) is 9.34.